The summed E-state index contributed by atoms with van der Waals surface area (Å²) >= 11 is 0. The fourth-order valence-corrected chi connectivity index (χ4v) is 2.30. The number of benzene rings is 2. The number of phenols is 2. The van der Waals surface area contributed by atoms with E-state index in [-0.39, 0.29) is 18.1 Å². The van der Waals surface area contributed by atoms with Crippen LogP contribution in [-0.4, -0.2) is 29.4 Å². The SMILES string of the molecule is CC.CC.CCCCCOc1cc(C(=O)OCCc2ccc(O)cc2)ccc1O. The molecule has 0 unspecified atom stereocenters. The lowest BCUT2D eigenvalue weighted by Gasteiger charge is -2.10. The van der Waals surface area contributed by atoms with Crippen LogP contribution < -0.4 is 4.74 Å². The van der Waals surface area contributed by atoms with Crippen LogP contribution in [-0.2, 0) is 11.2 Å². The van der Waals surface area contributed by atoms with Crippen molar-refractivity contribution in [1.29, 1.82) is 0 Å². The zero-order valence-electron chi connectivity index (χ0n) is 18.4. The Labute approximate surface area is 175 Å². The van der Waals surface area contributed by atoms with Gasteiger partial charge in [0.2, 0.25) is 0 Å². The molecule has 29 heavy (non-hydrogen) atoms. The summed E-state index contributed by atoms with van der Waals surface area (Å²) in [6, 6.07) is 11.2. The molecule has 5 heteroatoms. The number of hydrogen-bond donors (Lipinski definition) is 2. The maximum atomic E-state index is 12.1. The Morgan fingerprint density at radius 2 is 1.55 bits per heavy atom. The number of carbonyl (C=O) groups is 1. The molecule has 2 rings (SSSR count). The van der Waals surface area contributed by atoms with Crippen LogP contribution in [0, 0.1) is 0 Å². The Morgan fingerprint density at radius 1 is 0.897 bits per heavy atom. The van der Waals surface area contributed by atoms with Gasteiger partial charge in [-0.3, -0.25) is 0 Å². The lowest BCUT2D eigenvalue weighted by molar-refractivity contribution is 0.0508. The van der Waals surface area contributed by atoms with Crippen molar-refractivity contribution in [1.82, 2.24) is 0 Å². The molecule has 0 atom stereocenters. The Hall–Kier alpha value is -2.69. The van der Waals surface area contributed by atoms with E-state index in [0.717, 1.165) is 24.8 Å². The molecule has 0 saturated heterocycles. The summed E-state index contributed by atoms with van der Waals surface area (Å²) in [5, 5.41) is 19.1. The van der Waals surface area contributed by atoms with Gasteiger partial charge in [0, 0.05) is 6.42 Å². The molecule has 0 aliphatic heterocycles. The van der Waals surface area contributed by atoms with E-state index in [1.807, 2.05) is 27.7 Å². The summed E-state index contributed by atoms with van der Waals surface area (Å²) in [5.74, 6) is 0.0507. The van der Waals surface area contributed by atoms with Gasteiger partial charge in [0.15, 0.2) is 11.5 Å². The summed E-state index contributed by atoms with van der Waals surface area (Å²) in [6.07, 6.45) is 3.60. The van der Waals surface area contributed by atoms with Crippen molar-refractivity contribution in [3.63, 3.8) is 0 Å². The van der Waals surface area contributed by atoms with E-state index < -0.39 is 5.97 Å². The molecule has 0 heterocycles. The van der Waals surface area contributed by atoms with Gasteiger partial charge in [-0.05, 0) is 42.3 Å². The van der Waals surface area contributed by atoms with Gasteiger partial charge in [0.25, 0.3) is 0 Å². The number of hydrogen-bond acceptors (Lipinski definition) is 5. The molecule has 0 saturated carbocycles. The molecule has 2 aromatic rings. The van der Waals surface area contributed by atoms with E-state index >= 15 is 0 Å². The lowest BCUT2D eigenvalue weighted by atomic mass is 10.1. The minimum absolute atomic E-state index is 0.0112. The van der Waals surface area contributed by atoms with Crippen LogP contribution in [0.5, 0.6) is 17.2 Å². The lowest BCUT2D eigenvalue weighted by Crippen LogP contribution is -2.08. The van der Waals surface area contributed by atoms with Crippen LogP contribution in [0.15, 0.2) is 42.5 Å². The Morgan fingerprint density at radius 3 is 2.17 bits per heavy atom. The highest BCUT2D eigenvalue weighted by Gasteiger charge is 2.11. The second-order valence-corrected chi connectivity index (χ2v) is 5.79. The molecule has 0 bridgehead atoms. The van der Waals surface area contributed by atoms with Gasteiger partial charge in [-0.1, -0.05) is 59.6 Å². The predicted molar refractivity (Wildman–Crippen MR) is 118 cm³/mol. The first kappa shape index (κ1) is 26.3. The average molecular weight is 405 g/mol. The quantitative estimate of drug-likeness (QED) is 0.389. The molecule has 162 valence electrons. The third-order valence-corrected chi connectivity index (χ3v) is 3.76. The monoisotopic (exact) mass is 404 g/mol. The van der Waals surface area contributed by atoms with Gasteiger partial charge in [0.05, 0.1) is 18.8 Å². The Balaban J connectivity index is 0.00000184. The molecule has 0 aromatic heterocycles. The van der Waals surface area contributed by atoms with Crippen molar-refractivity contribution >= 4 is 5.97 Å². The van der Waals surface area contributed by atoms with Crippen molar-refractivity contribution in [2.75, 3.05) is 13.2 Å². The smallest absolute Gasteiger partial charge is 0.338 e. The van der Waals surface area contributed by atoms with E-state index in [9.17, 15) is 15.0 Å². The summed E-state index contributed by atoms with van der Waals surface area (Å²) in [6.45, 7) is 10.8. The third kappa shape index (κ3) is 10.4. The predicted octanol–water partition coefficient (Wildman–Crippen LogP) is 6.12. The van der Waals surface area contributed by atoms with Gasteiger partial charge in [-0.15, -0.1) is 0 Å². The minimum Gasteiger partial charge on any atom is -0.508 e. The number of aromatic hydroxyl groups is 2. The van der Waals surface area contributed by atoms with Crippen LogP contribution in [0.3, 0.4) is 0 Å². The number of phenolic OH excluding ortho intramolecular Hbond substituents is 2. The van der Waals surface area contributed by atoms with Gasteiger partial charge in [-0.2, -0.15) is 0 Å². The van der Waals surface area contributed by atoms with E-state index in [2.05, 4.69) is 6.92 Å². The summed E-state index contributed by atoms with van der Waals surface area (Å²) in [5.41, 5.74) is 1.31. The molecular weight excluding hydrogens is 368 g/mol. The highest BCUT2D eigenvalue weighted by Crippen LogP contribution is 2.27. The van der Waals surface area contributed by atoms with E-state index in [1.165, 1.54) is 18.2 Å². The fraction of sp³-hybridized carbons (Fsp3) is 0.458. The maximum Gasteiger partial charge on any atom is 0.338 e. The molecule has 0 amide bonds. The summed E-state index contributed by atoms with van der Waals surface area (Å²) in [7, 11) is 0. The molecule has 0 aliphatic rings. The van der Waals surface area contributed by atoms with E-state index in [1.54, 1.807) is 24.3 Å². The van der Waals surface area contributed by atoms with Gasteiger partial charge >= 0.3 is 5.97 Å². The number of esters is 1. The standard InChI is InChI=1S/C20H24O5.2C2H6/c1-2-3-4-12-24-19-14-16(7-10-18(19)22)20(23)25-13-11-15-5-8-17(21)9-6-15;2*1-2/h5-10,14,21-22H,2-4,11-13H2,1H3;2*1-2H3. The zero-order valence-corrected chi connectivity index (χ0v) is 18.4. The summed E-state index contributed by atoms with van der Waals surface area (Å²) < 4.78 is 10.8. The highest BCUT2D eigenvalue weighted by atomic mass is 16.5. The first-order valence-corrected chi connectivity index (χ1v) is 10.5. The van der Waals surface area contributed by atoms with E-state index in [0.29, 0.717) is 24.3 Å². The van der Waals surface area contributed by atoms with Crippen LogP contribution in [0.2, 0.25) is 0 Å². The van der Waals surface area contributed by atoms with Crippen molar-refractivity contribution in [3.8, 4) is 17.2 Å². The molecule has 2 aromatic carbocycles. The van der Waals surface area contributed by atoms with Crippen LogP contribution in [0.4, 0.5) is 0 Å². The first-order chi connectivity index (χ1) is 14.1. The minimum atomic E-state index is -0.461. The van der Waals surface area contributed by atoms with Gasteiger partial charge < -0.3 is 19.7 Å². The van der Waals surface area contributed by atoms with Gasteiger partial charge in [-0.25, -0.2) is 4.79 Å². The second kappa shape index (κ2) is 16.3. The molecule has 0 aliphatic carbocycles. The molecule has 5 nitrogen and oxygen atoms in total. The maximum absolute atomic E-state index is 12.1. The van der Waals surface area contributed by atoms with Crippen molar-refractivity contribution in [3.05, 3.63) is 53.6 Å². The largest absolute Gasteiger partial charge is 0.508 e. The first-order valence-electron chi connectivity index (χ1n) is 10.5. The normalized spacial score (nSPS) is 9.41. The van der Waals surface area contributed by atoms with Crippen LogP contribution in [0.1, 0.15) is 69.8 Å². The van der Waals surface area contributed by atoms with Crippen LogP contribution >= 0.6 is 0 Å². The molecule has 2 N–H and O–H groups in total. The molecule has 0 fully saturated rings. The average Bonchev–Trinajstić information content (AvgIpc) is 2.76. The van der Waals surface area contributed by atoms with E-state index in [4.69, 9.17) is 9.47 Å². The van der Waals surface area contributed by atoms with Crippen LogP contribution in [0.25, 0.3) is 0 Å². The topological polar surface area (TPSA) is 76.0 Å². The number of ether oxygens (including phenoxy) is 2. The highest BCUT2D eigenvalue weighted by molar-refractivity contribution is 5.90. The van der Waals surface area contributed by atoms with Gasteiger partial charge in [0.1, 0.15) is 5.75 Å². The summed E-state index contributed by atoms with van der Waals surface area (Å²) in [4.78, 5) is 12.1. The Kier molecular flexibility index (Phi) is 14.8. The Bertz CT molecular complexity index is 680. The molecule has 0 spiro atoms. The zero-order chi connectivity index (χ0) is 22.1. The fourth-order valence-electron chi connectivity index (χ4n) is 2.30. The number of carbonyl (C=O) groups excluding carboxylic acids is 1. The van der Waals surface area contributed by atoms with Crippen molar-refractivity contribution in [2.24, 2.45) is 0 Å². The third-order valence-electron chi connectivity index (χ3n) is 3.76. The van der Waals surface area contributed by atoms with Crippen molar-refractivity contribution in [2.45, 2.75) is 60.3 Å². The molecular formula is C24H36O5. The van der Waals surface area contributed by atoms with Crippen molar-refractivity contribution < 1.29 is 24.5 Å². The molecule has 0 radical (unpaired) electrons. The number of rotatable bonds is 9. The second-order valence-electron chi connectivity index (χ2n) is 5.79. The number of unbranched alkanes of at least 4 members (excludes halogenated alkanes) is 2.